The lowest BCUT2D eigenvalue weighted by Crippen LogP contribution is -2.39. The van der Waals surface area contributed by atoms with Gasteiger partial charge in [-0.1, -0.05) is 29.8 Å². The second-order valence-electron chi connectivity index (χ2n) is 4.41. The normalized spacial score (nSPS) is 14.0. The molecule has 0 aromatic heterocycles. The van der Waals surface area contributed by atoms with Crippen LogP contribution < -0.4 is 0 Å². The SMILES string of the molecule is CCOC(=O)[C@@](O)(/C=C/c1ccc(Cl)cc1)CC(C)=O. The van der Waals surface area contributed by atoms with E-state index in [0.717, 1.165) is 5.56 Å². The van der Waals surface area contributed by atoms with Gasteiger partial charge in [0.05, 0.1) is 6.61 Å². The van der Waals surface area contributed by atoms with E-state index in [9.17, 15) is 14.7 Å². The van der Waals surface area contributed by atoms with Crippen LogP contribution in [0.1, 0.15) is 25.8 Å². The average Bonchev–Trinajstić information content (AvgIpc) is 2.37. The average molecular weight is 297 g/mol. The number of Topliss-reactive ketones (excluding diaryl/α,β-unsaturated/α-hetero) is 1. The van der Waals surface area contributed by atoms with Crippen LogP contribution in [0, 0.1) is 0 Å². The van der Waals surface area contributed by atoms with Gasteiger partial charge in [-0.05, 0) is 37.6 Å². The number of ether oxygens (including phenoxy) is 1. The lowest BCUT2D eigenvalue weighted by atomic mass is 9.96. The molecule has 4 nitrogen and oxygen atoms in total. The Morgan fingerprint density at radius 1 is 1.35 bits per heavy atom. The third kappa shape index (κ3) is 4.79. The van der Waals surface area contributed by atoms with Gasteiger partial charge < -0.3 is 9.84 Å². The number of carbonyl (C=O) groups is 2. The molecule has 0 aliphatic rings. The number of aliphatic hydroxyl groups is 1. The Labute approximate surface area is 123 Å². The summed E-state index contributed by atoms with van der Waals surface area (Å²) in [6.45, 7) is 3.07. The van der Waals surface area contributed by atoms with Crippen LogP contribution in [-0.4, -0.2) is 29.1 Å². The van der Waals surface area contributed by atoms with E-state index in [2.05, 4.69) is 0 Å². The smallest absolute Gasteiger partial charge is 0.342 e. The van der Waals surface area contributed by atoms with Crippen molar-refractivity contribution in [2.24, 2.45) is 0 Å². The van der Waals surface area contributed by atoms with E-state index in [1.165, 1.54) is 13.0 Å². The number of ketones is 1. The second kappa shape index (κ2) is 7.22. The Bertz CT molecular complexity index is 507. The summed E-state index contributed by atoms with van der Waals surface area (Å²) < 4.78 is 4.80. The summed E-state index contributed by atoms with van der Waals surface area (Å²) in [5, 5.41) is 10.9. The quantitative estimate of drug-likeness (QED) is 0.820. The number of benzene rings is 1. The molecule has 0 aliphatic heterocycles. The van der Waals surface area contributed by atoms with Crippen molar-refractivity contribution in [1.82, 2.24) is 0 Å². The van der Waals surface area contributed by atoms with Crippen molar-refractivity contribution in [3.05, 3.63) is 40.9 Å². The van der Waals surface area contributed by atoms with Crippen molar-refractivity contribution in [2.45, 2.75) is 25.9 Å². The first-order chi connectivity index (χ1) is 9.37. The Morgan fingerprint density at radius 3 is 2.45 bits per heavy atom. The summed E-state index contributed by atoms with van der Waals surface area (Å²) >= 11 is 5.77. The van der Waals surface area contributed by atoms with Gasteiger partial charge in [0.15, 0.2) is 5.60 Å². The highest BCUT2D eigenvalue weighted by atomic mass is 35.5. The Balaban J connectivity index is 2.96. The molecule has 108 valence electrons. The molecule has 0 saturated carbocycles. The highest BCUT2D eigenvalue weighted by Crippen LogP contribution is 2.18. The monoisotopic (exact) mass is 296 g/mol. The standard InChI is InChI=1S/C15H17ClO4/c1-3-20-14(18)15(19,10-11(2)17)9-8-12-4-6-13(16)7-5-12/h4-9,19H,3,10H2,1-2H3/b9-8+/t15-/m1/s1. The number of hydrogen-bond acceptors (Lipinski definition) is 4. The molecule has 0 unspecified atom stereocenters. The van der Waals surface area contributed by atoms with E-state index in [-0.39, 0.29) is 18.8 Å². The van der Waals surface area contributed by atoms with E-state index < -0.39 is 11.6 Å². The number of carbonyl (C=O) groups excluding carboxylic acids is 2. The maximum Gasteiger partial charge on any atom is 0.342 e. The van der Waals surface area contributed by atoms with Gasteiger partial charge in [0, 0.05) is 11.4 Å². The molecule has 5 heteroatoms. The largest absolute Gasteiger partial charge is 0.464 e. The number of hydrogen-bond donors (Lipinski definition) is 1. The lowest BCUT2D eigenvalue weighted by molar-refractivity contribution is -0.161. The second-order valence-corrected chi connectivity index (χ2v) is 4.84. The van der Waals surface area contributed by atoms with Gasteiger partial charge in [-0.2, -0.15) is 0 Å². The van der Waals surface area contributed by atoms with Crippen LogP contribution in [0.4, 0.5) is 0 Å². The van der Waals surface area contributed by atoms with E-state index in [1.807, 2.05) is 0 Å². The summed E-state index contributed by atoms with van der Waals surface area (Å²) in [7, 11) is 0. The minimum Gasteiger partial charge on any atom is -0.464 e. The van der Waals surface area contributed by atoms with Crippen molar-refractivity contribution in [2.75, 3.05) is 6.61 Å². The van der Waals surface area contributed by atoms with Crippen LogP contribution in [0.2, 0.25) is 5.02 Å². The number of halogens is 1. The molecule has 1 N–H and O–H groups in total. The van der Waals surface area contributed by atoms with Gasteiger partial charge in [0.25, 0.3) is 0 Å². The molecule has 0 aliphatic carbocycles. The van der Waals surface area contributed by atoms with Gasteiger partial charge in [-0.25, -0.2) is 4.79 Å². The van der Waals surface area contributed by atoms with Crippen LogP contribution in [0.3, 0.4) is 0 Å². The molecule has 1 aromatic rings. The molecule has 0 bridgehead atoms. The van der Waals surface area contributed by atoms with Crippen molar-refractivity contribution in [1.29, 1.82) is 0 Å². The summed E-state index contributed by atoms with van der Waals surface area (Å²) in [4.78, 5) is 23.0. The predicted octanol–water partition coefficient (Wildman–Crippen LogP) is 2.63. The summed E-state index contributed by atoms with van der Waals surface area (Å²) in [5.41, 5.74) is -1.19. The first-order valence-corrected chi connectivity index (χ1v) is 6.59. The van der Waals surface area contributed by atoms with Gasteiger partial charge in [-0.3, -0.25) is 4.79 Å². The van der Waals surface area contributed by atoms with Gasteiger partial charge in [-0.15, -0.1) is 0 Å². The van der Waals surface area contributed by atoms with Gasteiger partial charge >= 0.3 is 5.97 Å². The molecular weight excluding hydrogens is 280 g/mol. The zero-order valence-electron chi connectivity index (χ0n) is 11.4. The fraction of sp³-hybridized carbons (Fsp3) is 0.333. The summed E-state index contributed by atoms with van der Waals surface area (Å²) in [5.74, 6) is -1.14. The fourth-order valence-corrected chi connectivity index (χ4v) is 1.77. The van der Waals surface area contributed by atoms with Crippen molar-refractivity contribution in [3.63, 3.8) is 0 Å². The predicted molar refractivity (Wildman–Crippen MR) is 77.4 cm³/mol. The molecule has 0 spiro atoms. The lowest BCUT2D eigenvalue weighted by Gasteiger charge is -2.20. The van der Waals surface area contributed by atoms with E-state index in [0.29, 0.717) is 5.02 Å². The molecule has 1 atom stereocenters. The minimum absolute atomic E-state index is 0.133. The first kappa shape index (κ1) is 16.4. The third-order valence-corrected chi connectivity index (χ3v) is 2.82. The van der Waals surface area contributed by atoms with E-state index in [1.54, 1.807) is 37.3 Å². The molecule has 20 heavy (non-hydrogen) atoms. The highest BCUT2D eigenvalue weighted by molar-refractivity contribution is 6.30. The molecule has 0 amide bonds. The maximum atomic E-state index is 11.8. The van der Waals surface area contributed by atoms with Crippen LogP contribution >= 0.6 is 11.6 Å². The molecule has 1 rings (SSSR count). The molecule has 0 heterocycles. The van der Waals surface area contributed by atoms with E-state index in [4.69, 9.17) is 16.3 Å². The summed E-state index contributed by atoms with van der Waals surface area (Å²) in [6.07, 6.45) is 2.50. The van der Waals surface area contributed by atoms with Crippen molar-refractivity contribution in [3.8, 4) is 0 Å². The van der Waals surface area contributed by atoms with Gasteiger partial charge in [0.2, 0.25) is 0 Å². The Hall–Kier alpha value is -1.65. The molecule has 1 aromatic carbocycles. The summed E-state index contributed by atoms with van der Waals surface area (Å²) in [6, 6.07) is 6.85. The molecule has 0 radical (unpaired) electrons. The Kier molecular flexibility index (Phi) is 5.92. The van der Waals surface area contributed by atoms with Gasteiger partial charge in [0.1, 0.15) is 5.78 Å². The number of rotatable bonds is 6. The Morgan fingerprint density at radius 2 is 1.95 bits per heavy atom. The zero-order chi connectivity index (χ0) is 15.2. The molecule has 0 fully saturated rings. The van der Waals surface area contributed by atoms with Crippen LogP contribution in [0.5, 0.6) is 0 Å². The third-order valence-electron chi connectivity index (χ3n) is 2.57. The van der Waals surface area contributed by atoms with Crippen molar-refractivity contribution < 1.29 is 19.4 Å². The number of esters is 1. The molecule has 0 saturated heterocycles. The van der Waals surface area contributed by atoms with Crippen LogP contribution in [0.15, 0.2) is 30.3 Å². The van der Waals surface area contributed by atoms with Crippen molar-refractivity contribution >= 4 is 29.4 Å². The fourth-order valence-electron chi connectivity index (χ4n) is 1.64. The highest BCUT2D eigenvalue weighted by Gasteiger charge is 2.36. The topological polar surface area (TPSA) is 63.6 Å². The zero-order valence-corrected chi connectivity index (χ0v) is 12.2. The van der Waals surface area contributed by atoms with Crippen LogP contribution in [-0.2, 0) is 14.3 Å². The van der Waals surface area contributed by atoms with Crippen LogP contribution in [0.25, 0.3) is 6.08 Å². The van der Waals surface area contributed by atoms with E-state index >= 15 is 0 Å². The first-order valence-electron chi connectivity index (χ1n) is 6.21. The maximum absolute atomic E-state index is 11.8. The molecular formula is C15H17ClO4. The minimum atomic E-state index is -1.94.